The third kappa shape index (κ3) is 4.68. The molecule has 1 saturated heterocycles. The van der Waals surface area contributed by atoms with E-state index >= 15 is 0 Å². The molecule has 1 aliphatic rings. The van der Waals surface area contributed by atoms with Crippen molar-refractivity contribution in [1.82, 2.24) is 4.90 Å². The molecule has 1 aliphatic heterocycles. The first-order valence-electron chi connectivity index (χ1n) is 6.57. The molecule has 1 aromatic carbocycles. The van der Waals surface area contributed by atoms with Gasteiger partial charge in [0.25, 0.3) is 0 Å². The van der Waals surface area contributed by atoms with Gasteiger partial charge in [-0.25, -0.2) is 4.39 Å². The smallest absolute Gasteiger partial charge is 0.137 e. The monoisotopic (exact) mass is 297 g/mol. The van der Waals surface area contributed by atoms with E-state index in [4.69, 9.17) is 21.1 Å². The van der Waals surface area contributed by atoms with E-state index in [-0.39, 0.29) is 11.7 Å². The molecule has 0 saturated carbocycles. The van der Waals surface area contributed by atoms with E-state index in [2.05, 4.69) is 16.7 Å². The molecular weight excluding hydrogens is 281 g/mol. The van der Waals surface area contributed by atoms with E-state index in [9.17, 15) is 4.39 Å². The number of nitrogens with zero attached hydrogens (tertiary/aromatic N) is 1. The fraction of sp³-hybridized carbons (Fsp3) is 0.467. The van der Waals surface area contributed by atoms with Crippen LogP contribution < -0.4 is 4.74 Å². The second kappa shape index (κ2) is 8.11. The topological polar surface area (TPSA) is 21.7 Å². The Morgan fingerprint density at radius 1 is 1.35 bits per heavy atom. The van der Waals surface area contributed by atoms with Crippen LogP contribution in [0.15, 0.2) is 18.2 Å². The quantitative estimate of drug-likeness (QED) is 0.628. The summed E-state index contributed by atoms with van der Waals surface area (Å²) in [4.78, 5) is 2.26. The lowest BCUT2D eigenvalue weighted by Crippen LogP contribution is -2.38. The zero-order valence-electron chi connectivity index (χ0n) is 11.2. The van der Waals surface area contributed by atoms with Crippen LogP contribution in [0.25, 0.3) is 0 Å². The SMILES string of the molecule is Fc1ccc(C#CCCl)c(OCCN2CCOCC2)c1. The van der Waals surface area contributed by atoms with Crippen molar-refractivity contribution in [2.45, 2.75) is 0 Å². The van der Waals surface area contributed by atoms with Gasteiger partial charge in [0.2, 0.25) is 0 Å². The molecule has 5 heteroatoms. The van der Waals surface area contributed by atoms with E-state index in [1.807, 2.05) is 0 Å². The number of alkyl halides is 1. The largest absolute Gasteiger partial charge is 0.491 e. The van der Waals surface area contributed by atoms with Crippen LogP contribution in [0.3, 0.4) is 0 Å². The fourth-order valence-corrected chi connectivity index (χ4v) is 2.02. The van der Waals surface area contributed by atoms with Crippen LogP contribution in [0.5, 0.6) is 5.75 Å². The lowest BCUT2D eigenvalue weighted by atomic mass is 10.2. The van der Waals surface area contributed by atoms with Crippen molar-refractivity contribution >= 4 is 11.6 Å². The van der Waals surface area contributed by atoms with Gasteiger partial charge in [-0.15, -0.1) is 11.6 Å². The molecule has 0 amide bonds. The number of hydrogen-bond acceptors (Lipinski definition) is 3. The van der Waals surface area contributed by atoms with E-state index in [1.54, 1.807) is 6.07 Å². The van der Waals surface area contributed by atoms with Crippen LogP contribution in [-0.2, 0) is 4.74 Å². The first-order valence-corrected chi connectivity index (χ1v) is 7.10. The Morgan fingerprint density at radius 3 is 2.90 bits per heavy atom. The van der Waals surface area contributed by atoms with Crippen LogP contribution in [0.2, 0.25) is 0 Å². The fourth-order valence-electron chi connectivity index (χ4n) is 1.96. The average molecular weight is 298 g/mol. The zero-order chi connectivity index (χ0) is 14.2. The normalized spacial score (nSPS) is 15.5. The second-order valence-corrected chi connectivity index (χ2v) is 4.65. The molecule has 0 radical (unpaired) electrons. The van der Waals surface area contributed by atoms with Crippen LogP contribution in [0.1, 0.15) is 5.56 Å². The minimum absolute atomic E-state index is 0.241. The minimum Gasteiger partial charge on any atom is -0.491 e. The molecule has 1 heterocycles. The van der Waals surface area contributed by atoms with Gasteiger partial charge in [-0.05, 0) is 12.1 Å². The van der Waals surface area contributed by atoms with E-state index in [1.165, 1.54) is 12.1 Å². The van der Waals surface area contributed by atoms with Crippen molar-refractivity contribution in [1.29, 1.82) is 0 Å². The second-order valence-electron chi connectivity index (χ2n) is 4.38. The molecule has 2 rings (SSSR count). The maximum Gasteiger partial charge on any atom is 0.137 e. The molecule has 0 atom stereocenters. The summed E-state index contributed by atoms with van der Waals surface area (Å²) in [6.45, 7) is 4.62. The number of morpholine rings is 1. The van der Waals surface area contributed by atoms with Crippen molar-refractivity contribution < 1.29 is 13.9 Å². The summed E-state index contributed by atoms with van der Waals surface area (Å²) in [5, 5.41) is 0. The summed E-state index contributed by atoms with van der Waals surface area (Å²) in [6, 6.07) is 4.34. The van der Waals surface area contributed by atoms with Crippen molar-refractivity contribution in [2.75, 3.05) is 45.3 Å². The van der Waals surface area contributed by atoms with Crippen molar-refractivity contribution in [3.63, 3.8) is 0 Å². The number of hydrogen-bond donors (Lipinski definition) is 0. The average Bonchev–Trinajstić information content (AvgIpc) is 2.47. The molecule has 0 unspecified atom stereocenters. The number of halogens is 2. The highest BCUT2D eigenvalue weighted by atomic mass is 35.5. The summed E-state index contributed by atoms with van der Waals surface area (Å²) >= 11 is 5.53. The molecule has 0 aliphatic carbocycles. The van der Waals surface area contributed by atoms with Gasteiger partial charge in [0, 0.05) is 25.7 Å². The van der Waals surface area contributed by atoms with Gasteiger partial charge in [0.05, 0.1) is 24.7 Å². The summed E-state index contributed by atoms with van der Waals surface area (Å²) in [5.41, 5.74) is 0.661. The maximum absolute atomic E-state index is 13.3. The minimum atomic E-state index is -0.331. The lowest BCUT2D eigenvalue weighted by Gasteiger charge is -2.26. The highest BCUT2D eigenvalue weighted by Gasteiger charge is 2.10. The summed E-state index contributed by atoms with van der Waals surface area (Å²) in [5.74, 6) is 6.00. The van der Waals surface area contributed by atoms with Crippen LogP contribution in [-0.4, -0.2) is 50.2 Å². The highest BCUT2D eigenvalue weighted by Crippen LogP contribution is 2.19. The summed E-state index contributed by atoms with van der Waals surface area (Å²) < 4.78 is 24.2. The Balaban J connectivity index is 1.91. The van der Waals surface area contributed by atoms with Gasteiger partial charge in [-0.1, -0.05) is 11.8 Å². The maximum atomic E-state index is 13.3. The standard InChI is InChI=1S/C15H17ClFNO2/c16-5-1-2-13-3-4-14(17)12-15(13)20-11-8-18-6-9-19-10-7-18/h3-4,12H,5-11H2. The van der Waals surface area contributed by atoms with Crippen molar-refractivity contribution in [2.24, 2.45) is 0 Å². The Hall–Kier alpha value is -1.28. The number of benzene rings is 1. The Bertz CT molecular complexity index is 492. The molecule has 1 aromatic rings. The van der Waals surface area contributed by atoms with E-state index in [0.29, 0.717) is 17.9 Å². The van der Waals surface area contributed by atoms with Gasteiger partial charge >= 0.3 is 0 Å². The molecule has 0 N–H and O–H groups in total. The molecule has 1 fully saturated rings. The van der Waals surface area contributed by atoms with Gasteiger partial charge in [0.1, 0.15) is 18.2 Å². The molecule has 0 spiro atoms. The highest BCUT2D eigenvalue weighted by molar-refractivity contribution is 6.19. The lowest BCUT2D eigenvalue weighted by molar-refractivity contribution is 0.0322. The Morgan fingerprint density at radius 2 is 2.15 bits per heavy atom. The molecule has 0 bridgehead atoms. The Kier molecular flexibility index (Phi) is 6.13. The molecule has 3 nitrogen and oxygen atoms in total. The molecule has 20 heavy (non-hydrogen) atoms. The predicted octanol–water partition coefficient (Wildman–Crippen LogP) is 2.13. The molecule has 108 valence electrons. The van der Waals surface area contributed by atoms with Crippen LogP contribution in [0.4, 0.5) is 4.39 Å². The van der Waals surface area contributed by atoms with Gasteiger partial charge < -0.3 is 9.47 Å². The zero-order valence-corrected chi connectivity index (χ0v) is 12.0. The van der Waals surface area contributed by atoms with E-state index < -0.39 is 0 Å². The summed E-state index contributed by atoms with van der Waals surface area (Å²) in [6.07, 6.45) is 0. The van der Waals surface area contributed by atoms with Crippen LogP contribution >= 0.6 is 11.6 Å². The number of ether oxygens (including phenoxy) is 2. The molecule has 0 aromatic heterocycles. The van der Waals surface area contributed by atoms with Gasteiger partial charge in [-0.2, -0.15) is 0 Å². The van der Waals surface area contributed by atoms with Crippen LogP contribution in [0, 0.1) is 17.7 Å². The third-order valence-electron chi connectivity index (χ3n) is 3.00. The Labute approximate surface area is 123 Å². The predicted molar refractivity (Wildman–Crippen MR) is 76.8 cm³/mol. The van der Waals surface area contributed by atoms with Gasteiger partial charge in [0.15, 0.2) is 0 Å². The first kappa shape index (κ1) is 15.1. The third-order valence-corrected chi connectivity index (χ3v) is 3.14. The van der Waals surface area contributed by atoms with E-state index in [0.717, 1.165) is 32.8 Å². The molecular formula is C15H17ClFNO2. The summed E-state index contributed by atoms with van der Waals surface area (Å²) in [7, 11) is 0. The van der Waals surface area contributed by atoms with Gasteiger partial charge in [-0.3, -0.25) is 4.90 Å². The van der Waals surface area contributed by atoms with Crippen molar-refractivity contribution in [3.05, 3.63) is 29.6 Å². The van der Waals surface area contributed by atoms with Crippen molar-refractivity contribution in [3.8, 4) is 17.6 Å². The first-order chi connectivity index (χ1) is 9.79. The number of rotatable bonds is 4.